The average Bonchev–Trinajstić information content (AvgIpc) is 2.14. The van der Waals surface area contributed by atoms with Gasteiger partial charge in [-0.25, -0.2) is 0 Å². The van der Waals surface area contributed by atoms with E-state index in [-0.39, 0.29) is 0 Å². The SMILES string of the molecule is CCCCCN(CCN)CCCC. The molecule has 0 aliphatic rings. The van der Waals surface area contributed by atoms with Crippen molar-refractivity contribution in [2.45, 2.75) is 46.0 Å². The second-order valence-electron chi connectivity index (χ2n) is 3.69. The molecule has 0 aliphatic heterocycles. The van der Waals surface area contributed by atoms with Gasteiger partial charge in [-0.2, -0.15) is 0 Å². The molecule has 0 saturated heterocycles. The number of nitrogens with zero attached hydrogens (tertiary/aromatic N) is 1. The molecular formula is C11H26N2. The molecule has 0 spiro atoms. The lowest BCUT2D eigenvalue weighted by atomic mass is 10.2. The normalized spacial score (nSPS) is 11.1. The fraction of sp³-hybridized carbons (Fsp3) is 1.00. The molecule has 0 unspecified atom stereocenters. The molecule has 0 aromatic carbocycles. The molecule has 0 saturated carbocycles. The van der Waals surface area contributed by atoms with E-state index in [9.17, 15) is 0 Å². The summed E-state index contributed by atoms with van der Waals surface area (Å²) >= 11 is 0. The molecule has 2 N–H and O–H groups in total. The molecule has 2 heteroatoms. The van der Waals surface area contributed by atoms with Gasteiger partial charge in [0.15, 0.2) is 0 Å². The standard InChI is InChI=1S/C11H26N2/c1-3-5-7-10-13(11-8-12)9-6-4-2/h3-12H2,1-2H3. The maximum atomic E-state index is 5.56. The van der Waals surface area contributed by atoms with Crippen LogP contribution in [0.2, 0.25) is 0 Å². The maximum absolute atomic E-state index is 5.56. The number of hydrogen-bond acceptors (Lipinski definition) is 2. The molecule has 2 nitrogen and oxygen atoms in total. The zero-order valence-corrected chi connectivity index (χ0v) is 9.39. The molecule has 0 bridgehead atoms. The van der Waals surface area contributed by atoms with Crippen LogP contribution in [-0.4, -0.2) is 31.1 Å². The van der Waals surface area contributed by atoms with Crippen LogP contribution < -0.4 is 5.73 Å². The van der Waals surface area contributed by atoms with Crippen LogP contribution in [0.15, 0.2) is 0 Å². The van der Waals surface area contributed by atoms with E-state index in [0.29, 0.717) is 0 Å². The molecule has 13 heavy (non-hydrogen) atoms. The molecule has 0 atom stereocenters. The van der Waals surface area contributed by atoms with Gasteiger partial charge < -0.3 is 10.6 Å². The summed E-state index contributed by atoms with van der Waals surface area (Å²) in [6.45, 7) is 8.84. The first kappa shape index (κ1) is 12.9. The first-order chi connectivity index (χ1) is 6.35. The molecule has 0 aromatic heterocycles. The van der Waals surface area contributed by atoms with Crippen molar-refractivity contribution in [3.8, 4) is 0 Å². The van der Waals surface area contributed by atoms with Gasteiger partial charge >= 0.3 is 0 Å². The largest absolute Gasteiger partial charge is 0.329 e. The van der Waals surface area contributed by atoms with E-state index in [1.54, 1.807) is 0 Å². The summed E-state index contributed by atoms with van der Waals surface area (Å²) in [5.41, 5.74) is 5.56. The summed E-state index contributed by atoms with van der Waals surface area (Å²) < 4.78 is 0. The van der Waals surface area contributed by atoms with Gasteiger partial charge in [0.2, 0.25) is 0 Å². The lowest BCUT2D eigenvalue weighted by molar-refractivity contribution is 0.270. The second-order valence-corrected chi connectivity index (χ2v) is 3.69. The Hall–Kier alpha value is -0.0800. The Morgan fingerprint density at radius 1 is 0.846 bits per heavy atom. The van der Waals surface area contributed by atoms with Crippen LogP contribution in [0.3, 0.4) is 0 Å². The third kappa shape index (κ3) is 8.26. The van der Waals surface area contributed by atoms with Gasteiger partial charge in [-0.3, -0.25) is 0 Å². The Labute approximate surface area is 83.5 Å². The van der Waals surface area contributed by atoms with Crippen LogP contribution in [0.5, 0.6) is 0 Å². The molecular weight excluding hydrogens is 160 g/mol. The Morgan fingerprint density at radius 2 is 1.46 bits per heavy atom. The van der Waals surface area contributed by atoms with Crippen molar-refractivity contribution in [2.75, 3.05) is 26.2 Å². The summed E-state index contributed by atoms with van der Waals surface area (Å²) in [5, 5.41) is 0. The molecule has 0 rings (SSSR count). The minimum Gasteiger partial charge on any atom is -0.329 e. The second kappa shape index (κ2) is 10.0. The zero-order chi connectivity index (χ0) is 9.94. The van der Waals surface area contributed by atoms with Crippen molar-refractivity contribution >= 4 is 0 Å². The van der Waals surface area contributed by atoms with Crippen molar-refractivity contribution in [3.05, 3.63) is 0 Å². The minimum atomic E-state index is 0.801. The molecule has 0 aromatic rings. The average molecular weight is 186 g/mol. The highest BCUT2D eigenvalue weighted by atomic mass is 15.1. The monoisotopic (exact) mass is 186 g/mol. The Kier molecular flexibility index (Phi) is 9.94. The maximum Gasteiger partial charge on any atom is 0.0105 e. The van der Waals surface area contributed by atoms with Crippen molar-refractivity contribution in [2.24, 2.45) is 5.73 Å². The molecule has 0 radical (unpaired) electrons. The third-order valence-corrected chi connectivity index (χ3v) is 2.35. The summed E-state index contributed by atoms with van der Waals surface area (Å²) in [6.07, 6.45) is 6.60. The Balaban J connectivity index is 3.41. The fourth-order valence-electron chi connectivity index (χ4n) is 1.49. The van der Waals surface area contributed by atoms with Crippen LogP contribution in [0.25, 0.3) is 0 Å². The van der Waals surface area contributed by atoms with Crippen LogP contribution in [-0.2, 0) is 0 Å². The van der Waals surface area contributed by atoms with E-state index in [0.717, 1.165) is 13.1 Å². The highest BCUT2D eigenvalue weighted by molar-refractivity contribution is 4.58. The first-order valence-corrected chi connectivity index (χ1v) is 5.77. The zero-order valence-electron chi connectivity index (χ0n) is 9.39. The van der Waals surface area contributed by atoms with Crippen molar-refractivity contribution < 1.29 is 0 Å². The van der Waals surface area contributed by atoms with Gasteiger partial charge in [-0.15, -0.1) is 0 Å². The van der Waals surface area contributed by atoms with Gasteiger partial charge in [-0.1, -0.05) is 33.1 Å². The highest BCUT2D eigenvalue weighted by Crippen LogP contribution is 2.00. The smallest absolute Gasteiger partial charge is 0.0105 e. The van der Waals surface area contributed by atoms with Gasteiger partial charge in [0.05, 0.1) is 0 Å². The first-order valence-electron chi connectivity index (χ1n) is 5.77. The van der Waals surface area contributed by atoms with Crippen molar-refractivity contribution in [3.63, 3.8) is 0 Å². The van der Waals surface area contributed by atoms with Gasteiger partial charge in [0, 0.05) is 13.1 Å². The quantitative estimate of drug-likeness (QED) is 0.560. The van der Waals surface area contributed by atoms with Gasteiger partial charge in [0.25, 0.3) is 0 Å². The lowest BCUT2D eigenvalue weighted by Crippen LogP contribution is -2.31. The topological polar surface area (TPSA) is 29.3 Å². The summed E-state index contributed by atoms with van der Waals surface area (Å²) in [5.74, 6) is 0. The van der Waals surface area contributed by atoms with Crippen LogP contribution in [0.4, 0.5) is 0 Å². The number of rotatable bonds is 9. The van der Waals surface area contributed by atoms with Crippen LogP contribution >= 0.6 is 0 Å². The van der Waals surface area contributed by atoms with E-state index in [2.05, 4.69) is 18.7 Å². The van der Waals surface area contributed by atoms with Gasteiger partial charge in [0.1, 0.15) is 0 Å². The van der Waals surface area contributed by atoms with E-state index in [1.165, 1.54) is 45.2 Å². The van der Waals surface area contributed by atoms with E-state index < -0.39 is 0 Å². The summed E-state index contributed by atoms with van der Waals surface area (Å²) in [4.78, 5) is 2.50. The molecule has 0 fully saturated rings. The molecule has 0 heterocycles. The fourth-order valence-corrected chi connectivity index (χ4v) is 1.49. The van der Waals surface area contributed by atoms with Crippen molar-refractivity contribution in [1.82, 2.24) is 4.90 Å². The lowest BCUT2D eigenvalue weighted by Gasteiger charge is -2.20. The number of nitrogens with two attached hydrogens (primary N) is 1. The van der Waals surface area contributed by atoms with E-state index >= 15 is 0 Å². The number of hydrogen-bond donors (Lipinski definition) is 1. The van der Waals surface area contributed by atoms with E-state index in [4.69, 9.17) is 5.73 Å². The molecule has 0 aliphatic carbocycles. The molecule has 80 valence electrons. The Morgan fingerprint density at radius 3 is 2.00 bits per heavy atom. The summed E-state index contributed by atoms with van der Waals surface area (Å²) in [6, 6.07) is 0. The predicted molar refractivity (Wildman–Crippen MR) is 59.9 cm³/mol. The van der Waals surface area contributed by atoms with Gasteiger partial charge in [-0.05, 0) is 25.9 Å². The highest BCUT2D eigenvalue weighted by Gasteiger charge is 2.01. The minimum absolute atomic E-state index is 0.801. The molecule has 0 amide bonds. The predicted octanol–water partition coefficient (Wildman–Crippen LogP) is 2.24. The Bertz CT molecular complexity index is 94.1. The third-order valence-electron chi connectivity index (χ3n) is 2.35. The summed E-state index contributed by atoms with van der Waals surface area (Å²) in [7, 11) is 0. The van der Waals surface area contributed by atoms with Crippen molar-refractivity contribution in [1.29, 1.82) is 0 Å². The van der Waals surface area contributed by atoms with E-state index in [1.807, 2.05) is 0 Å². The number of unbranched alkanes of at least 4 members (excludes halogenated alkanes) is 3. The van der Waals surface area contributed by atoms with Crippen LogP contribution in [0.1, 0.15) is 46.0 Å². The van der Waals surface area contributed by atoms with Crippen LogP contribution in [0, 0.1) is 0 Å².